The maximum atomic E-state index is 14.0. The van der Waals surface area contributed by atoms with Crippen molar-refractivity contribution in [3.05, 3.63) is 71.4 Å². The summed E-state index contributed by atoms with van der Waals surface area (Å²) >= 11 is 0. The topological polar surface area (TPSA) is 138 Å². The predicted molar refractivity (Wildman–Crippen MR) is 186 cm³/mol. The second-order valence-electron chi connectivity index (χ2n) is 15.5. The Morgan fingerprint density at radius 1 is 1.04 bits per heavy atom. The molecule has 49 heavy (non-hydrogen) atoms. The largest absolute Gasteiger partial charge is 0.444 e. The van der Waals surface area contributed by atoms with E-state index in [9.17, 15) is 18.8 Å². The zero-order valence-electron chi connectivity index (χ0n) is 28.9. The van der Waals surface area contributed by atoms with E-state index in [0.717, 1.165) is 48.9 Å². The summed E-state index contributed by atoms with van der Waals surface area (Å²) in [5.74, 6) is -1.09. The van der Waals surface area contributed by atoms with Crippen molar-refractivity contribution in [2.75, 3.05) is 13.1 Å². The first-order chi connectivity index (χ1) is 23.2. The van der Waals surface area contributed by atoms with Crippen molar-refractivity contribution in [3.8, 4) is 11.1 Å². The number of nitrogens with zero attached hydrogens (tertiary/aromatic N) is 3. The van der Waals surface area contributed by atoms with Crippen LogP contribution >= 0.6 is 0 Å². The smallest absolute Gasteiger partial charge is 0.407 e. The van der Waals surface area contributed by atoms with Crippen LogP contribution in [0.5, 0.6) is 0 Å². The van der Waals surface area contributed by atoms with Gasteiger partial charge in [-0.25, -0.2) is 14.2 Å². The molecule has 11 heteroatoms. The second-order valence-corrected chi connectivity index (χ2v) is 15.5. The summed E-state index contributed by atoms with van der Waals surface area (Å²) < 4.78 is 19.1. The number of Topliss-reactive ketones (excluding diaryl/α,β-unsaturated/α-hetero) is 1. The number of hydrogen-bond acceptors (Lipinski definition) is 7. The van der Waals surface area contributed by atoms with Gasteiger partial charge in [0.1, 0.15) is 22.9 Å². The van der Waals surface area contributed by atoms with E-state index in [1.807, 2.05) is 44.2 Å². The number of benzene rings is 1. The molecule has 2 unspecified atom stereocenters. The fraction of sp³-hybridized carbons (Fsp3) is 0.474. The number of hydrogen-bond donors (Lipinski definition) is 3. The molecular formula is C38H45FN6O4. The quantitative estimate of drug-likeness (QED) is 0.230. The minimum atomic E-state index is -0.616. The molecule has 1 spiro atoms. The summed E-state index contributed by atoms with van der Waals surface area (Å²) in [7, 11) is 0. The third-order valence-corrected chi connectivity index (χ3v) is 9.68. The average Bonchev–Trinajstić information content (AvgIpc) is 3.67. The van der Waals surface area contributed by atoms with Crippen LogP contribution in [0.15, 0.2) is 53.7 Å². The summed E-state index contributed by atoms with van der Waals surface area (Å²) in [4.78, 5) is 49.4. The maximum absolute atomic E-state index is 14.0. The van der Waals surface area contributed by atoms with Gasteiger partial charge >= 0.3 is 6.09 Å². The molecule has 1 aromatic carbocycles. The molecule has 3 aliphatic rings. The molecule has 0 bridgehead atoms. The highest BCUT2D eigenvalue weighted by Gasteiger charge is 2.50. The highest BCUT2D eigenvalue weighted by Crippen LogP contribution is 2.53. The Hall–Kier alpha value is -4.67. The number of aliphatic imine (C=N–C) groups is 1. The van der Waals surface area contributed by atoms with Gasteiger partial charge in [0.25, 0.3) is 5.91 Å². The molecule has 3 heterocycles. The van der Waals surface area contributed by atoms with E-state index in [0.29, 0.717) is 23.5 Å². The van der Waals surface area contributed by atoms with Crippen molar-refractivity contribution in [3.63, 3.8) is 0 Å². The minimum Gasteiger partial charge on any atom is -0.444 e. The Morgan fingerprint density at radius 2 is 1.80 bits per heavy atom. The summed E-state index contributed by atoms with van der Waals surface area (Å²) in [5.41, 5.74) is 2.71. The number of carbonyl (C=O) groups is 3. The third kappa shape index (κ3) is 7.81. The number of aromatic nitrogens is 3. The lowest BCUT2D eigenvalue weighted by Gasteiger charge is -2.41. The molecule has 3 N–H and O–H groups in total. The van der Waals surface area contributed by atoms with Gasteiger partial charge in [-0.15, -0.1) is 0 Å². The Bertz CT molecular complexity index is 1800. The van der Waals surface area contributed by atoms with Gasteiger partial charge in [0.15, 0.2) is 5.82 Å². The van der Waals surface area contributed by atoms with Crippen LogP contribution in [0.4, 0.5) is 15.0 Å². The molecule has 2 fully saturated rings. The predicted octanol–water partition coefficient (Wildman–Crippen LogP) is 7.31. The van der Waals surface area contributed by atoms with Crippen molar-refractivity contribution in [1.29, 1.82) is 0 Å². The number of amides is 2. The standard InChI is InChI=1S/C38H45FN6O4/c1-36(2,3)49-35(48)42-22-37(4,5)21-41-34(47)32-31-27(14-13-26-12-11-24(20-40-26)23-9-8-10-25(39)17-23)30-28(43-33(31)45-44-32)18-38(19-29(30)46)15-6-7-16-38/h8-14,17,20,27,30H,6-7,15-16,18-19,21-22H2,1-5H3,(H,41,47)(H,42,48)(H,44,45)/b14-13+. The van der Waals surface area contributed by atoms with E-state index >= 15 is 0 Å². The molecule has 2 aromatic heterocycles. The number of rotatable bonds is 8. The second kappa shape index (κ2) is 13.3. The van der Waals surface area contributed by atoms with Gasteiger partial charge in [0, 0.05) is 48.5 Å². The van der Waals surface area contributed by atoms with E-state index in [2.05, 4.69) is 25.8 Å². The summed E-state index contributed by atoms with van der Waals surface area (Å²) in [6, 6.07) is 10.1. The van der Waals surface area contributed by atoms with Crippen LogP contribution in [-0.2, 0) is 9.53 Å². The Kier molecular flexibility index (Phi) is 9.30. The molecule has 3 aromatic rings. The number of halogens is 1. The molecule has 0 radical (unpaired) electrons. The number of nitrogens with one attached hydrogen (secondary N) is 3. The molecular weight excluding hydrogens is 623 g/mol. The highest BCUT2D eigenvalue weighted by atomic mass is 19.1. The van der Waals surface area contributed by atoms with Crippen molar-refractivity contribution in [2.45, 2.75) is 84.7 Å². The van der Waals surface area contributed by atoms with Crippen molar-refractivity contribution < 1.29 is 23.5 Å². The number of ketones is 1. The first kappa shape index (κ1) is 34.2. The minimum absolute atomic E-state index is 0.0398. The molecule has 10 nitrogen and oxygen atoms in total. The molecule has 0 saturated heterocycles. The van der Waals surface area contributed by atoms with Crippen LogP contribution in [0.25, 0.3) is 17.2 Å². The molecule has 2 atom stereocenters. The normalized spacial score (nSPS) is 20.1. The summed E-state index contributed by atoms with van der Waals surface area (Å²) in [6.07, 6.45) is 10.5. The van der Waals surface area contributed by atoms with Gasteiger partial charge < -0.3 is 15.4 Å². The zero-order chi connectivity index (χ0) is 35.0. The molecule has 2 saturated carbocycles. The highest BCUT2D eigenvalue weighted by molar-refractivity contribution is 6.11. The van der Waals surface area contributed by atoms with Crippen molar-refractivity contribution in [1.82, 2.24) is 25.8 Å². The number of allylic oxidation sites excluding steroid dienone is 1. The average molecular weight is 669 g/mol. The molecule has 2 aliphatic carbocycles. The van der Waals surface area contributed by atoms with Gasteiger partial charge in [0.2, 0.25) is 0 Å². The van der Waals surface area contributed by atoms with Crippen LogP contribution in [0.2, 0.25) is 0 Å². The molecule has 2 amide bonds. The third-order valence-electron chi connectivity index (χ3n) is 9.68. The van der Waals surface area contributed by atoms with Gasteiger partial charge in [-0.05, 0) is 80.7 Å². The number of carbonyl (C=O) groups excluding carboxylic acids is 3. The number of pyridine rings is 1. The Labute approximate surface area is 286 Å². The lowest BCUT2D eigenvalue weighted by Crippen LogP contribution is -2.44. The van der Waals surface area contributed by atoms with Crippen LogP contribution < -0.4 is 10.6 Å². The lowest BCUT2D eigenvalue weighted by atomic mass is 9.63. The first-order valence-electron chi connectivity index (χ1n) is 17.0. The number of aromatic amines is 1. The van der Waals surface area contributed by atoms with Crippen LogP contribution in [0, 0.1) is 22.6 Å². The summed E-state index contributed by atoms with van der Waals surface area (Å²) in [5, 5.41) is 13.2. The van der Waals surface area contributed by atoms with Gasteiger partial charge in [-0.1, -0.05) is 51.0 Å². The van der Waals surface area contributed by atoms with E-state index in [1.165, 1.54) is 12.1 Å². The molecule has 6 rings (SSSR count). The van der Waals surface area contributed by atoms with E-state index < -0.39 is 28.9 Å². The van der Waals surface area contributed by atoms with E-state index in [-0.39, 0.29) is 41.7 Å². The SMILES string of the molecule is CC(C)(CNC(=O)OC(C)(C)C)CNC(=O)c1[nH]nc2c1C(/C=C/c1ccc(-c3cccc(F)c3)cn1)C1C(=O)CC3(CCCC3)CC1=N2. The van der Waals surface area contributed by atoms with Crippen molar-refractivity contribution >= 4 is 35.4 Å². The van der Waals surface area contributed by atoms with Crippen LogP contribution in [0.3, 0.4) is 0 Å². The van der Waals surface area contributed by atoms with Gasteiger partial charge in [-0.2, -0.15) is 5.10 Å². The van der Waals surface area contributed by atoms with Crippen LogP contribution in [-0.4, -0.2) is 57.4 Å². The zero-order valence-corrected chi connectivity index (χ0v) is 28.9. The fourth-order valence-electron chi connectivity index (χ4n) is 7.28. The summed E-state index contributed by atoms with van der Waals surface area (Å²) in [6.45, 7) is 9.81. The number of alkyl carbamates (subject to hydrolysis) is 1. The first-order valence-corrected chi connectivity index (χ1v) is 17.0. The number of ether oxygens (including phenoxy) is 1. The number of fused-ring (bicyclic) bond motifs is 2. The van der Waals surface area contributed by atoms with E-state index in [4.69, 9.17) is 9.73 Å². The van der Waals surface area contributed by atoms with Crippen molar-refractivity contribution in [2.24, 2.45) is 21.7 Å². The number of H-pyrrole nitrogens is 1. The molecule has 258 valence electrons. The van der Waals surface area contributed by atoms with Crippen LogP contribution in [0.1, 0.15) is 101 Å². The van der Waals surface area contributed by atoms with Gasteiger partial charge in [-0.3, -0.25) is 19.7 Å². The Balaban J connectivity index is 1.25. The monoisotopic (exact) mass is 668 g/mol. The van der Waals surface area contributed by atoms with Gasteiger partial charge in [0.05, 0.1) is 11.6 Å². The van der Waals surface area contributed by atoms with E-state index in [1.54, 1.807) is 33.0 Å². The fourth-order valence-corrected chi connectivity index (χ4v) is 7.28. The maximum Gasteiger partial charge on any atom is 0.407 e. The lowest BCUT2D eigenvalue weighted by molar-refractivity contribution is -0.124. The Morgan fingerprint density at radius 3 is 2.49 bits per heavy atom. The molecule has 1 aliphatic heterocycles.